The van der Waals surface area contributed by atoms with E-state index in [4.69, 9.17) is 4.74 Å². The molecule has 17 heavy (non-hydrogen) atoms. The Labute approximate surface area is 103 Å². The number of carbonyl (C=O) groups excluding carboxylic acids is 1. The van der Waals surface area contributed by atoms with Gasteiger partial charge in [0.1, 0.15) is 0 Å². The zero-order valence-electron chi connectivity index (χ0n) is 10.7. The lowest BCUT2D eigenvalue weighted by atomic mass is 10.3. The molecule has 1 amide bonds. The molecule has 1 rings (SSSR count). The molecule has 0 spiro atoms. The van der Waals surface area contributed by atoms with Crippen LogP contribution in [0.1, 0.15) is 20.8 Å². The Bertz CT molecular complexity index is 337. The maximum absolute atomic E-state index is 12.0. The number of hydrogen-bond donors (Lipinski definition) is 0. The Morgan fingerprint density at radius 1 is 1.12 bits per heavy atom. The number of hydrazine groups is 1. The van der Waals surface area contributed by atoms with Crippen molar-refractivity contribution in [1.82, 2.24) is 5.01 Å². The van der Waals surface area contributed by atoms with Gasteiger partial charge in [0.15, 0.2) is 0 Å². The second-order valence-electron chi connectivity index (χ2n) is 3.49. The molecule has 0 bridgehead atoms. The van der Waals surface area contributed by atoms with Crippen molar-refractivity contribution in [2.75, 3.05) is 24.7 Å². The number of benzene rings is 1. The zero-order valence-corrected chi connectivity index (χ0v) is 10.7. The predicted octanol–water partition coefficient (Wildman–Crippen LogP) is 2.91. The third-order valence-corrected chi connectivity index (χ3v) is 2.45. The highest BCUT2D eigenvalue weighted by Gasteiger charge is 2.21. The summed E-state index contributed by atoms with van der Waals surface area (Å²) >= 11 is 0. The van der Waals surface area contributed by atoms with Gasteiger partial charge >= 0.3 is 6.09 Å². The highest BCUT2D eigenvalue weighted by Crippen LogP contribution is 2.17. The monoisotopic (exact) mass is 236 g/mol. The van der Waals surface area contributed by atoms with E-state index in [1.807, 2.05) is 56.1 Å². The molecule has 0 atom stereocenters. The van der Waals surface area contributed by atoms with Crippen LogP contribution in [0.2, 0.25) is 0 Å². The smallest absolute Gasteiger partial charge is 0.429 e. The molecule has 0 saturated heterocycles. The Kier molecular flexibility index (Phi) is 5.49. The maximum atomic E-state index is 12.0. The number of hydrogen-bond acceptors (Lipinski definition) is 3. The number of amides is 1. The third kappa shape index (κ3) is 3.46. The van der Waals surface area contributed by atoms with Crippen molar-refractivity contribution in [3.8, 4) is 0 Å². The first-order chi connectivity index (χ1) is 8.24. The Morgan fingerprint density at radius 3 is 2.18 bits per heavy atom. The average molecular weight is 236 g/mol. The van der Waals surface area contributed by atoms with Crippen LogP contribution in [0.4, 0.5) is 10.5 Å². The van der Waals surface area contributed by atoms with Crippen LogP contribution in [0.25, 0.3) is 0 Å². The summed E-state index contributed by atoms with van der Waals surface area (Å²) in [5.41, 5.74) is 0.828. The van der Waals surface area contributed by atoms with Crippen molar-refractivity contribution in [3.63, 3.8) is 0 Å². The summed E-state index contributed by atoms with van der Waals surface area (Å²) in [7, 11) is 0. The van der Waals surface area contributed by atoms with Gasteiger partial charge in [0.05, 0.1) is 12.3 Å². The lowest BCUT2D eigenvalue weighted by Gasteiger charge is -2.32. The van der Waals surface area contributed by atoms with Gasteiger partial charge in [-0.3, -0.25) is 0 Å². The van der Waals surface area contributed by atoms with Crippen LogP contribution in [0, 0.1) is 0 Å². The summed E-state index contributed by atoms with van der Waals surface area (Å²) in [6.45, 7) is 7.72. The third-order valence-electron chi connectivity index (χ3n) is 2.45. The Balaban J connectivity index is 2.97. The lowest BCUT2D eigenvalue weighted by Crippen LogP contribution is -2.47. The maximum Gasteiger partial charge on any atom is 0.429 e. The zero-order chi connectivity index (χ0) is 12.7. The van der Waals surface area contributed by atoms with Crippen LogP contribution in [0.3, 0.4) is 0 Å². The van der Waals surface area contributed by atoms with Crippen LogP contribution in [0.5, 0.6) is 0 Å². The van der Waals surface area contributed by atoms with Crippen molar-refractivity contribution in [2.24, 2.45) is 0 Å². The summed E-state index contributed by atoms with van der Waals surface area (Å²) in [5.74, 6) is 0. The molecule has 1 aromatic rings. The molecule has 0 radical (unpaired) electrons. The normalized spacial score (nSPS) is 10.4. The predicted molar refractivity (Wildman–Crippen MR) is 68.9 cm³/mol. The van der Waals surface area contributed by atoms with E-state index in [0.29, 0.717) is 6.61 Å². The Hall–Kier alpha value is -1.55. The summed E-state index contributed by atoms with van der Waals surface area (Å²) in [4.78, 5) is 12.0. The molecule has 0 saturated carbocycles. The SMILES string of the molecule is CCOC(=O)N(c1ccccc1)N(CC)CC. The van der Waals surface area contributed by atoms with Gasteiger partial charge in [-0.1, -0.05) is 32.0 Å². The molecular formula is C13H20N2O2. The quantitative estimate of drug-likeness (QED) is 0.737. The van der Waals surface area contributed by atoms with Crippen molar-refractivity contribution in [2.45, 2.75) is 20.8 Å². The molecular weight excluding hydrogens is 216 g/mol. The van der Waals surface area contributed by atoms with Crippen LogP contribution in [-0.2, 0) is 4.74 Å². The molecule has 0 aliphatic rings. The first kappa shape index (κ1) is 13.5. The van der Waals surface area contributed by atoms with Gasteiger partial charge in [0, 0.05) is 13.1 Å². The molecule has 94 valence electrons. The minimum atomic E-state index is -0.331. The van der Waals surface area contributed by atoms with Crippen LogP contribution in [-0.4, -0.2) is 30.8 Å². The van der Waals surface area contributed by atoms with Gasteiger partial charge in [-0.05, 0) is 19.1 Å². The Morgan fingerprint density at radius 2 is 1.71 bits per heavy atom. The van der Waals surface area contributed by atoms with Crippen molar-refractivity contribution in [3.05, 3.63) is 30.3 Å². The molecule has 0 unspecified atom stereocenters. The molecule has 0 aromatic heterocycles. The lowest BCUT2D eigenvalue weighted by molar-refractivity contribution is 0.136. The highest BCUT2D eigenvalue weighted by molar-refractivity contribution is 5.86. The van der Waals surface area contributed by atoms with Crippen LogP contribution < -0.4 is 5.01 Å². The van der Waals surface area contributed by atoms with E-state index in [9.17, 15) is 4.79 Å². The van der Waals surface area contributed by atoms with E-state index in [-0.39, 0.29) is 6.09 Å². The van der Waals surface area contributed by atoms with E-state index in [1.165, 1.54) is 0 Å². The number of nitrogens with zero attached hydrogens (tertiary/aromatic N) is 2. The molecule has 0 fully saturated rings. The van der Waals surface area contributed by atoms with E-state index in [1.54, 1.807) is 5.01 Å². The first-order valence-corrected chi connectivity index (χ1v) is 6.01. The second kappa shape index (κ2) is 6.91. The largest absolute Gasteiger partial charge is 0.448 e. The average Bonchev–Trinajstić information content (AvgIpc) is 2.37. The topological polar surface area (TPSA) is 32.8 Å². The van der Waals surface area contributed by atoms with Crippen LogP contribution in [0.15, 0.2) is 30.3 Å². The van der Waals surface area contributed by atoms with E-state index in [2.05, 4.69) is 0 Å². The fourth-order valence-electron chi connectivity index (χ4n) is 1.64. The molecule has 4 heteroatoms. The first-order valence-electron chi connectivity index (χ1n) is 6.01. The van der Waals surface area contributed by atoms with Gasteiger partial charge in [-0.15, -0.1) is 0 Å². The van der Waals surface area contributed by atoms with Crippen molar-refractivity contribution in [1.29, 1.82) is 0 Å². The molecule has 0 heterocycles. The summed E-state index contributed by atoms with van der Waals surface area (Å²) in [6.07, 6.45) is -0.331. The molecule has 4 nitrogen and oxygen atoms in total. The van der Waals surface area contributed by atoms with Crippen molar-refractivity contribution >= 4 is 11.8 Å². The number of carbonyl (C=O) groups is 1. The second-order valence-corrected chi connectivity index (χ2v) is 3.49. The van der Waals surface area contributed by atoms with Crippen LogP contribution >= 0.6 is 0 Å². The van der Waals surface area contributed by atoms with E-state index < -0.39 is 0 Å². The number of rotatable bonds is 5. The van der Waals surface area contributed by atoms with E-state index in [0.717, 1.165) is 18.8 Å². The highest BCUT2D eigenvalue weighted by atomic mass is 16.6. The molecule has 0 aliphatic heterocycles. The number of para-hydroxylation sites is 1. The minimum Gasteiger partial charge on any atom is -0.448 e. The summed E-state index contributed by atoms with van der Waals surface area (Å²) in [6, 6.07) is 9.54. The summed E-state index contributed by atoms with van der Waals surface area (Å²) in [5, 5.41) is 3.52. The van der Waals surface area contributed by atoms with Gasteiger partial charge in [-0.25, -0.2) is 14.8 Å². The van der Waals surface area contributed by atoms with Gasteiger partial charge < -0.3 is 4.74 Å². The fourth-order valence-corrected chi connectivity index (χ4v) is 1.64. The molecule has 0 N–H and O–H groups in total. The standard InChI is InChI=1S/C13H20N2O2/c1-4-14(5-2)15(13(16)17-6-3)12-10-8-7-9-11-12/h7-11H,4-6H2,1-3H3. The number of ether oxygens (including phenoxy) is 1. The van der Waals surface area contributed by atoms with Gasteiger partial charge in [-0.2, -0.15) is 0 Å². The molecule has 0 aliphatic carbocycles. The summed E-state index contributed by atoms with van der Waals surface area (Å²) < 4.78 is 5.09. The number of anilines is 1. The fraction of sp³-hybridized carbons (Fsp3) is 0.462. The minimum absolute atomic E-state index is 0.331. The van der Waals surface area contributed by atoms with Gasteiger partial charge in [0.2, 0.25) is 0 Å². The van der Waals surface area contributed by atoms with Crippen molar-refractivity contribution < 1.29 is 9.53 Å². The molecule has 1 aromatic carbocycles. The van der Waals surface area contributed by atoms with E-state index >= 15 is 0 Å². The van der Waals surface area contributed by atoms with Gasteiger partial charge in [0.25, 0.3) is 0 Å².